The SMILES string of the molecule is COC[C@H]1CCCCN1Cc1c(C)nn(CCO)c1C. The van der Waals surface area contributed by atoms with Crippen LogP contribution in [-0.4, -0.2) is 52.7 Å². The van der Waals surface area contributed by atoms with E-state index in [2.05, 4.69) is 23.8 Å². The van der Waals surface area contributed by atoms with E-state index in [4.69, 9.17) is 9.84 Å². The Morgan fingerprint density at radius 1 is 1.35 bits per heavy atom. The van der Waals surface area contributed by atoms with E-state index in [1.807, 2.05) is 4.68 Å². The van der Waals surface area contributed by atoms with Gasteiger partial charge < -0.3 is 9.84 Å². The van der Waals surface area contributed by atoms with Crippen LogP contribution in [0.15, 0.2) is 0 Å². The van der Waals surface area contributed by atoms with Crippen LogP contribution in [0, 0.1) is 13.8 Å². The first-order valence-electron chi connectivity index (χ1n) is 7.54. The number of aryl methyl sites for hydroxylation is 1. The summed E-state index contributed by atoms with van der Waals surface area (Å²) in [6, 6.07) is 0.522. The van der Waals surface area contributed by atoms with Gasteiger partial charge in [-0.25, -0.2) is 0 Å². The number of hydrogen-bond acceptors (Lipinski definition) is 4. The fraction of sp³-hybridized carbons (Fsp3) is 0.800. The number of likely N-dealkylation sites (tertiary alicyclic amines) is 1. The highest BCUT2D eigenvalue weighted by Gasteiger charge is 2.24. The van der Waals surface area contributed by atoms with Crippen LogP contribution in [0.1, 0.15) is 36.2 Å². The van der Waals surface area contributed by atoms with Crippen LogP contribution in [0.3, 0.4) is 0 Å². The summed E-state index contributed by atoms with van der Waals surface area (Å²) in [6.45, 7) is 7.76. The lowest BCUT2D eigenvalue weighted by atomic mass is 10.0. The maximum Gasteiger partial charge on any atom is 0.0644 e. The number of hydrogen-bond donors (Lipinski definition) is 1. The largest absolute Gasteiger partial charge is 0.394 e. The molecule has 1 aromatic heterocycles. The first-order chi connectivity index (χ1) is 9.67. The molecule has 0 spiro atoms. The smallest absolute Gasteiger partial charge is 0.0644 e. The van der Waals surface area contributed by atoms with Crippen LogP contribution >= 0.6 is 0 Å². The van der Waals surface area contributed by atoms with Crippen molar-refractivity contribution >= 4 is 0 Å². The van der Waals surface area contributed by atoms with Crippen molar-refractivity contribution in [1.29, 1.82) is 0 Å². The Labute approximate surface area is 121 Å². The Hall–Kier alpha value is -0.910. The maximum absolute atomic E-state index is 9.09. The van der Waals surface area contributed by atoms with Gasteiger partial charge in [-0.05, 0) is 33.2 Å². The van der Waals surface area contributed by atoms with Crippen molar-refractivity contribution in [3.8, 4) is 0 Å². The second-order valence-corrected chi connectivity index (χ2v) is 5.67. The summed E-state index contributed by atoms with van der Waals surface area (Å²) in [5.41, 5.74) is 3.57. The predicted molar refractivity (Wildman–Crippen MR) is 78.7 cm³/mol. The van der Waals surface area contributed by atoms with E-state index in [0.717, 1.165) is 25.4 Å². The number of aliphatic hydroxyl groups excluding tert-OH is 1. The average Bonchev–Trinajstić information content (AvgIpc) is 2.69. The van der Waals surface area contributed by atoms with Gasteiger partial charge in [0.1, 0.15) is 0 Å². The minimum Gasteiger partial charge on any atom is -0.394 e. The van der Waals surface area contributed by atoms with E-state index in [0.29, 0.717) is 12.6 Å². The van der Waals surface area contributed by atoms with Crippen molar-refractivity contribution < 1.29 is 9.84 Å². The zero-order valence-corrected chi connectivity index (χ0v) is 12.9. The van der Waals surface area contributed by atoms with Gasteiger partial charge in [0.2, 0.25) is 0 Å². The number of nitrogens with zero attached hydrogens (tertiary/aromatic N) is 3. The Morgan fingerprint density at radius 2 is 2.15 bits per heavy atom. The van der Waals surface area contributed by atoms with Crippen molar-refractivity contribution in [3.63, 3.8) is 0 Å². The van der Waals surface area contributed by atoms with Gasteiger partial charge >= 0.3 is 0 Å². The normalized spacial score (nSPS) is 20.5. The quantitative estimate of drug-likeness (QED) is 0.858. The van der Waals surface area contributed by atoms with Crippen LogP contribution in [0.25, 0.3) is 0 Å². The summed E-state index contributed by atoms with van der Waals surface area (Å²) in [5, 5.41) is 13.6. The minimum absolute atomic E-state index is 0.136. The highest BCUT2D eigenvalue weighted by Crippen LogP contribution is 2.22. The number of piperidine rings is 1. The Bertz CT molecular complexity index is 429. The molecule has 1 fully saturated rings. The van der Waals surface area contributed by atoms with Crippen LogP contribution in [0.5, 0.6) is 0 Å². The number of methoxy groups -OCH3 is 1. The molecular weight excluding hydrogens is 254 g/mol. The summed E-state index contributed by atoms with van der Waals surface area (Å²) in [4.78, 5) is 2.52. The fourth-order valence-corrected chi connectivity index (χ4v) is 3.13. The van der Waals surface area contributed by atoms with Crippen LogP contribution in [-0.2, 0) is 17.8 Å². The molecule has 0 aliphatic carbocycles. The minimum atomic E-state index is 0.136. The van der Waals surface area contributed by atoms with Gasteiger partial charge in [0.15, 0.2) is 0 Å². The zero-order valence-electron chi connectivity index (χ0n) is 12.9. The Morgan fingerprint density at radius 3 is 2.85 bits per heavy atom. The van der Waals surface area contributed by atoms with Gasteiger partial charge in [0.05, 0.1) is 25.5 Å². The average molecular weight is 281 g/mol. The molecule has 114 valence electrons. The van der Waals surface area contributed by atoms with Gasteiger partial charge in [-0.3, -0.25) is 9.58 Å². The van der Waals surface area contributed by atoms with Crippen LogP contribution in [0.2, 0.25) is 0 Å². The molecule has 1 saturated heterocycles. The third-order valence-corrected chi connectivity index (χ3v) is 4.31. The van der Waals surface area contributed by atoms with Crippen molar-refractivity contribution in [2.75, 3.05) is 26.9 Å². The van der Waals surface area contributed by atoms with Gasteiger partial charge in [-0.15, -0.1) is 0 Å². The van der Waals surface area contributed by atoms with E-state index in [1.165, 1.54) is 30.5 Å². The summed E-state index contributed by atoms with van der Waals surface area (Å²) in [5.74, 6) is 0. The molecule has 20 heavy (non-hydrogen) atoms. The molecule has 2 heterocycles. The van der Waals surface area contributed by atoms with Crippen molar-refractivity contribution in [2.24, 2.45) is 0 Å². The topological polar surface area (TPSA) is 50.5 Å². The van der Waals surface area contributed by atoms with Crippen LogP contribution in [0.4, 0.5) is 0 Å². The zero-order chi connectivity index (χ0) is 14.5. The molecule has 0 radical (unpaired) electrons. The van der Waals surface area contributed by atoms with E-state index in [-0.39, 0.29) is 6.61 Å². The highest BCUT2D eigenvalue weighted by molar-refractivity contribution is 5.24. The molecule has 0 amide bonds. The lowest BCUT2D eigenvalue weighted by Crippen LogP contribution is -2.41. The third-order valence-electron chi connectivity index (χ3n) is 4.31. The molecule has 5 heteroatoms. The van der Waals surface area contributed by atoms with Crippen molar-refractivity contribution in [3.05, 3.63) is 17.0 Å². The number of aromatic nitrogens is 2. The summed E-state index contributed by atoms with van der Waals surface area (Å²) in [6.07, 6.45) is 3.78. The molecule has 1 aromatic rings. The molecule has 1 aliphatic heterocycles. The summed E-state index contributed by atoms with van der Waals surface area (Å²) >= 11 is 0. The molecular formula is C15H27N3O2. The highest BCUT2D eigenvalue weighted by atomic mass is 16.5. The van der Waals surface area contributed by atoms with Crippen LogP contribution < -0.4 is 0 Å². The van der Waals surface area contributed by atoms with Gasteiger partial charge in [-0.2, -0.15) is 5.10 Å². The third kappa shape index (κ3) is 3.40. The van der Waals surface area contributed by atoms with Crippen molar-refractivity contribution in [2.45, 2.75) is 52.2 Å². The Kier molecular flexibility index (Phi) is 5.57. The molecule has 0 unspecified atom stereocenters. The monoisotopic (exact) mass is 281 g/mol. The standard InChI is InChI=1S/C15H27N3O2/c1-12-15(13(2)18(16-12)8-9-19)10-17-7-5-4-6-14(17)11-20-3/h14,19H,4-11H2,1-3H3/t14-/m1/s1. The molecule has 1 N–H and O–H groups in total. The molecule has 1 aliphatic rings. The molecule has 0 bridgehead atoms. The molecule has 1 atom stereocenters. The first kappa shape index (κ1) is 15.5. The second kappa shape index (κ2) is 7.20. The predicted octanol–water partition coefficient (Wildman–Crippen LogP) is 1.49. The molecule has 0 saturated carbocycles. The lowest BCUT2D eigenvalue weighted by Gasteiger charge is -2.35. The van der Waals surface area contributed by atoms with Gasteiger partial charge in [-0.1, -0.05) is 6.42 Å². The summed E-state index contributed by atoms with van der Waals surface area (Å²) in [7, 11) is 1.78. The molecule has 0 aromatic carbocycles. The van der Waals surface area contributed by atoms with Crippen molar-refractivity contribution in [1.82, 2.24) is 14.7 Å². The number of rotatable bonds is 6. The fourth-order valence-electron chi connectivity index (χ4n) is 3.13. The van der Waals surface area contributed by atoms with E-state index < -0.39 is 0 Å². The van der Waals surface area contributed by atoms with E-state index >= 15 is 0 Å². The summed E-state index contributed by atoms with van der Waals surface area (Å²) < 4.78 is 7.27. The van der Waals surface area contributed by atoms with E-state index in [1.54, 1.807) is 7.11 Å². The van der Waals surface area contributed by atoms with E-state index in [9.17, 15) is 0 Å². The molecule has 2 rings (SSSR count). The lowest BCUT2D eigenvalue weighted by molar-refractivity contribution is 0.0598. The second-order valence-electron chi connectivity index (χ2n) is 5.67. The number of ether oxygens (including phenoxy) is 1. The Balaban J connectivity index is 2.11. The first-order valence-corrected chi connectivity index (χ1v) is 7.54. The van der Waals surface area contributed by atoms with Gasteiger partial charge in [0, 0.05) is 31.0 Å². The number of aliphatic hydroxyl groups is 1. The molecule has 5 nitrogen and oxygen atoms in total. The van der Waals surface area contributed by atoms with Gasteiger partial charge in [0.25, 0.3) is 0 Å². The maximum atomic E-state index is 9.09.